The summed E-state index contributed by atoms with van der Waals surface area (Å²) in [6, 6.07) is 9.55. The maximum atomic E-state index is 11.6. The highest BCUT2D eigenvalue weighted by molar-refractivity contribution is 5.67. The lowest BCUT2D eigenvalue weighted by Gasteiger charge is -2.37. The van der Waals surface area contributed by atoms with Gasteiger partial charge >= 0.3 is 6.09 Å². The van der Waals surface area contributed by atoms with Gasteiger partial charge in [-0.2, -0.15) is 0 Å². The Morgan fingerprint density at radius 1 is 1.30 bits per heavy atom. The molecule has 0 saturated heterocycles. The van der Waals surface area contributed by atoms with E-state index < -0.39 is 6.09 Å². The van der Waals surface area contributed by atoms with E-state index in [1.165, 1.54) is 0 Å². The minimum Gasteiger partial charge on any atom is -0.445 e. The quantitative estimate of drug-likeness (QED) is 0.460. The molecule has 1 amide bonds. The van der Waals surface area contributed by atoms with Crippen LogP contribution in [-0.4, -0.2) is 31.0 Å². The lowest BCUT2D eigenvalue weighted by Crippen LogP contribution is -2.52. The van der Waals surface area contributed by atoms with Crippen LogP contribution in [0.2, 0.25) is 0 Å². The first-order valence-corrected chi connectivity index (χ1v) is 7.94. The normalized spacial score (nSPS) is 23.3. The van der Waals surface area contributed by atoms with Crippen LogP contribution in [0.25, 0.3) is 0 Å². The third kappa shape index (κ3) is 5.21. The lowest BCUT2D eigenvalue weighted by atomic mass is 9.78. The van der Waals surface area contributed by atoms with Crippen molar-refractivity contribution in [1.29, 1.82) is 0 Å². The maximum Gasteiger partial charge on any atom is 0.407 e. The first-order chi connectivity index (χ1) is 11.1. The SMILES string of the molecule is CC1(NCCNC(=O)OCc2ccccc2)CC=CC[C@@H]1C=O. The molecule has 124 valence electrons. The molecule has 5 nitrogen and oxygen atoms in total. The summed E-state index contributed by atoms with van der Waals surface area (Å²) in [5.41, 5.74) is 0.711. The Balaban J connectivity index is 1.65. The van der Waals surface area contributed by atoms with Crippen molar-refractivity contribution in [1.82, 2.24) is 10.6 Å². The molecular weight excluding hydrogens is 292 g/mol. The fourth-order valence-corrected chi connectivity index (χ4v) is 2.68. The molecule has 0 radical (unpaired) electrons. The van der Waals surface area contributed by atoms with Gasteiger partial charge < -0.3 is 20.2 Å². The highest BCUT2D eigenvalue weighted by Gasteiger charge is 2.33. The van der Waals surface area contributed by atoms with E-state index in [9.17, 15) is 9.59 Å². The Morgan fingerprint density at radius 3 is 2.83 bits per heavy atom. The molecule has 2 atom stereocenters. The molecule has 0 saturated carbocycles. The number of hydrogen-bond donors (Lipinski definition) is 2. The van der Waals surface area contributed by atoms with E-state index in [4.69, 9.17) is 4.74 Å². The van der Waals surface area contributed by atoms with Crippen LogP contribution in [-0.2, 0) is 16.1 Å². The van der Waals surface area contributed by atoms with Gasteiger partial charge in [0.05, 0.1) is 0 Å². The summed E-state index contributed by atoms with van der Waals surface area (Å²) in [4.78, 5) is 22.8. The molecule has 0 aliphatic heterocycles. The van der Waals surface area contributed by atoms with Crippen molar-refractivity contribution in [3.8, 4) is 0 Å². The molecule has 0 spiro atoms. The van der Waals surface area contributed by atoms with Crippen molar-refractivity contribution in [3.05, 3.63) is 48.0 Å². The van der Waals surface area contributed by atoms with Crippen molar-refractivity contribution in [2.24, 2.45) is 5.92 Å². The summed E-state index contributed by atoms with van der Waals surface area (Å²) >= 11 is 0. The number of alkyl carbamates (subject to hydrolysis) is 1. The van der Waals surface area contributed by atoms with E-state index in [0.29, 0.717) is 13.1 Å². The van der Waals surface area contributed by atoms with Crippen LogP contribution in [0.5, 0.6) is 0 Å². The number of amides is 1. The number of hydrogen-bond acceptors (Lipinski definition) is 4. The monoisotopic (exact) mass is 316 g/mol. The number of allylic oxidation sites excluding steroid dienone is 1. The Labute approximate surface area is 137 Å². The van der Waals surface area contributed by atoms with Crippen molar-refractivity contribution < 1.29 is 14.3 Å². The molecule has 5 heteroatoms. The first-order valence-electron chi connectivity index (χ1n) is 7.94. The smallest absolute Gasteiger partial charge is 0.407 e. The third-order valence-corrected chi connectivity index (χ3v) is 4.22. The van der Waals surface area contributed by atoms with Gasteiger partial charge in [-0.1, -0.05) is 42.5 Å². The number of carbonyl (C=O) groups is 2. The molecule has 2 rings (SSSR count). The van der Waals surface area contributed by atoms with Gasteiger partial charge in [0, 0.05) is 24.5 Å². The van der Waals surface area contributed by atoms with Gasteiger partial charge in [0.2, 0.25) is 0 Å². The van der Waals surface area contributed by atoms with Crippen molar-refractivity contribution in [3.63, 3.8) is 0 Å². The molecule has 1 aliphatic rings. The van der Waals surface area contributed by atoms with Crippen LogP contribution in [0, 0.1) is 5.92 Å². The topological polar surface area (TPSA) is 67.4 Å². The average molecular weight is 316 g/mol. The summed E-state index contributed by atoms with van der Waals surface area (Å²) in [7, 11) is 0. The zero-order valence-electron chi connectivity index (χ0n) is 13.5. The Kier molecular flexibility index (Phi) is 6.35. The summed E-state index contributed by atoms with van der Waals surface area (Å²) in [5.74, 6) is -0.0301. The third-order valence-electron chi connectivity index (χ3n) is 4.22. The molecule has 0 heterocycles. The van der Waals surface area contributed by atoms with Crippen LogP contribution >= 0.6 is 0 Å². The number of benzene rings is 1. The van der Waals surface area contributed by atoms with Crippen LogP contribution < -0.4 is 10.6 Å². The molecule has 1 unspecified atom stereocenters. The maximum absolute atomic E-state index is 11.6. The summed E-state index contributed by atoms with van der Waals surface area (Å²) in [5, 5.41) is 6.09. The Morgan fingerprint density at radius 2 is 2.09 bits per heavy atom. The average Bonchev–Trinajstić information content (AvgIpc) is 2.58. The fourth-order valence-electron chi connectivity index (χ4n) is 2.68. The van der Waals surface area contributed by atoms with E-state index in [1.54, 1.807) is 0 Å². The van der Waals surface area contributed by atoms with Crippen LogP contribution in [0.1, 0.15) is 25.3 Å². The van der Waals surface area contributed by atoms with Crippen LogP contribution in [0.15, 0.2) is 42.5 Å². The largest absolute Gasteiger partial charge is 0.445 e. The van der Waals surface area contributed by atoms with Gasteiger partial charge in [-0.25, -0.2) is 4.79 Å². The molecular formula is C18H24N2O3. The highest BCUT2D eigenvalue weighted by Crippen LogP contribution is 2.27. The summed E-state index contributed by atoms with van der Waals surface area (Å²) in [6.07, 6.45) is 6.29. The standard InChI is InChI=1S/C18H24N2O3/c1-18(10-6-5-9-16(18)13-21)20-12-11-19-17(22)23-14-15-7-3-2-4-8-15/h2-8,13,16,20H,9-12,14H2,1H3,(H,19,22)/t16-,18?/m1/s1. The summed E-state index contributed by atoms with van der Waals surface area (Å²) in [6.45, 7) is 3.35. The van der Waals surface area contributed by atoms with Crippen LogP contribution in [0.4, 0.5) is 4.79 Å². The van der Waals surface area contributed by atoms with Gasteiger partial charge in [-0.3, -0.25) is 0 Å². The van der Waals surface area contributed by atoms with Crippen molar-refractivity contribution in [2.75, 3.05) is 13.1 Å². The van der Waals surface area contributed by atoms with E-state index in [-0.39, 0.29) is 18.1 Å². The van der Waals surface area contributed by atoms with Crippen molar-refractivity contribution in [2.45, 2.75) is 31.9 Å². The van der Waals surface area contributed by atoms with Crippen LogP contribution in [0.3, 0.4) is 0 Å². The zero-order chi connectivity index (χ0) is 16.5. The molecule has 23 heavy (non-hydrogen) atoms. The fraction of sp³-hybridized carbons (Fsp3) is 0.444. The minimum absolute atomic E-state index is 0.0301. The number of nitrogens with one attached hydrogen (secondary N) is 2. The first kappa shape index (κ1) is 17.2. The Bertz CT molecular complexity index is 544. The highest BCUT2D eigenvalue weighted by atomic mass is 16.5. The molecule has 2 N–H and O–H groups in total. The predicted octanol–water partition coefficient (Wildman–Crippen LogP) is 2.43. The van der Waals surface area contributed by atoms with Crippen molar-refractivity contribution >= 4 is 12.4 Å². The minimum atomic E-state index is -0.434. The molecule has 0 aromatic heterocycles. The second kappa shape index (κ2) is 8.48. The molecule has 0 fully saturated rings. The van der Waals surface area contributed by atoms with E-state index in [0.717, 1.165) is 24.7 Å². The number of aldehydes is 1. The number of rotatable bonds is 7. The van der Waals surface area contributed by atoms with E-state index in [1.807, 2.05) is 43.3 Å². The molecule has 1 aromatic carbocycles. The zero-order valence-corrected chi connectivity index (χ0v) is 13.5. The van der Waals surface area contributed by atoms with Gasteiger partial charge in [0.25, 0.3) is 0 Å². The summed E-state index contributed by atoms with van der Waals surface area (Å²) < 4.78 is 5.14. The van der Waals surface area contributed by atoms with Gasteiger partial charge in [-0.15, -0.1) is 0 Å². The van der Waals surface area contributed by atoms with E-state index >= 15 is 0 Å². The van der Waals surface area contributed by atoms with Gasteiger partial charge in [0.15, 0.2) is 0 Å². The second-order valence-electron chi connectivity index (χ2n) is 5.99. The molecule has 1 aliphatic carbocycles. The number of carbonyl (C=O) groups excluding carboxylic acids is 2. The predicted molar refractivity (Wildman–Crippen MR) is 89.0 cm³/mol. The van der Waals surface area contributed by atoms with E-state index in [2.05, 4.69) is 16.7 Å². The number of ether oxygens (including phenoxy) is 1. The van der Waals surface area contributed by atoms with Gasteiger partial charge in [-0.05, 0) is 25.3 Å². The Hall–Kier alpha value is -2.14. The molecule has 0 bridgehead atoms. The second-order valence-corrected chi connectivity index (χ2v) is 5.99. The molecule has 1 aromatic rings. The van der Waals surface area contributed by atoms with Gasteiger partial charge in [0.1, 0.15) is 12.9 Å². The lowest BCUT2D eigenvalue weighted by molar-refractivity contribution is -0.113.